The number of nitriles is 1. The number of carboxylic acid groups (broad SMARTS) is 1. The summed E-state index contributed by atoms with van der Waals surface area (Å²) in [6, 6.07) is 12.9. The second-order valence-electron chi connectivity index (χ2n) is 5.32. The summed E-state index contributed by atoms with van der Waals surface area (Å²) in [4.78, 5) is 26.5. The van der Waals surface area contributed by atoms with Crippen molar-refractivity contribution in [2.45, 2.75) is 0 Å². The first kappa shape index (κ1) is 16.5. The van der Waals surface area contributed by atoms with Crippen molar-refractivity contribution in [2.24, 2.45) is 0 Å². The van der Waals surface area contributed by atoms with Crippen LogP contribution in [0.15, 0.2) is 54.2 Å². The number of carbonyl (C=O) groups excluding carboxylic acids is 1. The fraction of sp³-hybridized carbons (Fsp3) is 0. The molecule has 5 nitrogen and oxygen atoms in total. The number of allylic oxidation sites excluding steroid dienone is 1. The molecule has 0 radical (unpaired) electrons. The molecule has 0 aliphatic carbocycles. The second-order valence-corrected chi connectivity index (χ2v) is 5.75. The molecule has 0 amide bonds. The molecule has 6 heteroatoms. The third-order valence-corrected chi connectivity index (χ3v) is 3.96. The van der Waals surface area contributed by atoms with E-state index < -0.39 is 11.8 Å². The van der Waals surface area contributed by atoms with Gasteiger partial charge in [0.1, 0.15) is 11.6 Å². The number of carboxylic acids is 1. The number of nitrogens with zero attached hydrogens (tertiary/aromatic N) is 1. The minimum atomic E-state index is -1.04. The third kappa shape index (κ3) is 3.30. The summed E-state index contributed by atoms with van der Waals surface area (Å²) in [5.74, 6) is -1.46. The fourth-order valence-electron chi connectivity index (χ4n) is 2.47. The average molecular weight is 351 g/mol. The first-order valence-corrected chi connectivity index (χ1v) is 7.64. The number of benzene rings is 2. The molecule has 0 aliphatic heterocycles. The van der Waals surface area contributed by atoms with E-state index in [1.54, 1.807) is 36.5 Å². The van der Waals surface area contributed by atoms with Gasteiger partial charge >= 0.3 is 5.97 Å². The lowest BCUT2D eigenvalue weighted by atomic mass is 10.0. The number of Topliss-reactive ketones (excluding diaryl/α,β-unsaturated/α-hetero) is 1. The van der Waals surface area contributed by atoms with Crippen molar-refractivity contribution >= 4 is 40.3 Å². The Bertz CT molecular complexity index is 1060. The number of halogens is 1. The minimum Gasteiger partial charge on any atom is -0.478 e. The summed E-state index contributed by atoms with van der Waals surface area (Å²) < 4.78 is 0. The van der Waals surface area contributed by atoms with Gasteiger partial charge in [-0.2, -0.15) is 5.26 Å². The van der Waals surface area contributed by atoms with E-state index in [2.05, 4.69) is 4.98 Å². The Morgan fingerprint density at radius 3 is 2.52 bits per heavy atom. The SMILES string of the molecule is N#CC(=Cc1ccc(C(=O)O)cc1)C(=O)c1c[nH]c2cc(Cl)ccc12. The number of hydrogen-bond acceptors (Lipinski definition) is 3. The van der Waals surface area contributed by atoms with Gasteiger partial charge < -0.3 is 10.1 Å². The lowest BCUT2D eigenvalue weighted by molar-refractivity contribution is 0.0696. The maximum Gasteiger partial charge on any atom is 0.335 e. The molecule has 0 aliphatic rings. The van der Waals surface area contributed by atoms with Crippen LogP contribution in [0.25, 0.3) is 17.0 Å². The Morgan fingerprint density at radius 1 is 1.16 bits per heavy atom. The Morgan fingerprint density at radius 2 is 1.88 bits per heavy atom. The molecular weight excluding hydrogens is 340 g/mol. The summed E-state index contributed by atoms with van der Waals surface area (Å²) >= 11 is 5.93. The molecule has 0 unspecified atom stereocenters. The van der Waals surface area contributed by atoms with Crippen molar-refractivity contribution in [3.8, 4) is 6.07 Å². The predicted octanol–water partition coefficient (Wildman–Crippen LogP) is 4.31. The minimum absolute atomic E-state index is 0.0427. The smallest absolute Gasteiger partial charge is 0.335 e. The van der Waals surface area contributed by atoms with Gasteiger partial charge in [0.05, 0.1) is 5.56 Å². The van der Waals surface area contributed by atoms with Crippen LogP contribution in [0.4, 0.5) is 0 Å². The lowest BCUT2D eigenvalue weighted by Gasteiger charge is -2.00. The summed E-state index contributed by atoms with van der Waals surface area (Å²) in [6.07, 6.45) is 2.98. The zero-order valence-corrected chi connectivity index (χ0v) is 13.5. The highest BCUT2D eigenvalue weighted by molar-refractivity contribution is 6.31. The van der Waals surface area contributed by atoms with Crippen molar-refractivity contribution < 1.29 is 14.7 Å². The number of ketones is 1. The quantitative estimate of drug-likeness (QED) is 0.416. The Labute approximate surface area is 147 Å². The maximum absolute atomic E-state index is 12.7. The zero-order chi connectivity index (χ0) is 18.0. The Hall–Kier alpha value is -3.36. The number of hydrogen-bond donors (Lipinski definition) is 2. The highest BCUT2D eigenvalue weighted by atomic mass is 35.5. The van der Waals surface area contributed by atoms with Crippen LogP contribution in [-0.2, 0) is 0 Å². The van der Waals surface area contributed by atoms with E-state index >= 15 is 0 Å². The number of aromatic nitrogens is 1. The molecule has 2 aromatic carbocycles. The van der Waals surface area contributed by atoms with Crippen molar-refractivity contribution in [3.05, 3.63) is 75.9 Å². The molecule has 1 aromatic heterocycles. The molecule has 0 saturated carbocycles. The van der Waals surface area contributed by atoms with Gasteiger partial charge in [0, 0.05) is 27.7 Å². The predicted molar refractivity (Wildman–Crippen MR) is 94.6 cm³/mol. The summed E-state index contributed by atoms with van der Waals surface area (Å²) in [7, 11) is 0. The van der Waals surface area contributed by atoms with E-state index in [9.17, 15) is 14.9 Å². The highest BCUT2D eigenvalue weighted by Gasteiger charge is 2.17. The van der Waals surface area contributed by atoms with Crippen LogP contribution >= 0.6 is 11.6 Å². The van der Waals surface area contributed by atoms with Gasteiger partial charge in [-0.15, -0.1) is 0 Å². The first-order chi connectivity index (χ1) is 12.0. The van der Waals surface area contributed by atoms with Gasteiger partial charge in [0.25, 0.3) is 0 Å². The van der Waals surface area contributed by atoms with Gasteiger partial charge in [-0.05, 0) is 35.9 Å². The molecule has 1 heterocycles. The summed E-state index contributed by atoms with van der Waals surface area (Å²) in [6.45, 7) is 0. The molecule has 0 spiro atoms. The van der Waals surface area contributed by atoms with Crippen molar-refractivity contribution in [2.75, 3.05) is 0 Å². The fourth-order valence-corrected chi connectivity index (χ4v) is 2.64. The molecule has 2 N–H and O–H groups in total. The van der Waals surface area contributed by atoms with Crippen molar-refractivity contribution in [1.82, 2.24) is 4.98 Å². The van der Waals surface area contributed by atoms with Crippen LogP contribution in [0.5, 0.6) is 0 Å². The maximum atomic E-state index is 12.7. The number of nitrogens with one attached hydrogen (secondary N) is 1. The third-order valence-electron chi connectivity index (χ3n) is 3.72. The van der Waals surface area contributed by atoms with Crippen LogP contribution in [0.3, 0.4) is 0 Å². The van der Waals surface area contributed by atoms with E-state index in [1.165, 1.54) is 18.2 Å². The number of aromatic carboxylic acids is 1. The molecule has 3 rings (SSSR count). The summed E-state index contributed by atoms with van der Waals surface area (Å²) in [5, 5.41) is 19.5. The summed E-state index contributed by atoms with van der Waals surface area (Å²) in [5.41, 5.74) is 1.74. The highest BCUT2D eigenvalue weighted by Crippen LogP contribution is 2.24. The number of H-pyrrole nitrogens is 1. The molecule has 0 fully saturated rings. The number of rotatable bonds is 4. The van der Waals surface area contributed by atoms with Gasteiger partial charge in [0.15, 0.2) is 0 Å². The first-order valence-electron chi connectivity index (χ1n) is 7.26. The van der Waals surface area contributed by atoms with Gasteiger partial charge in [-0.3, -0.25) is 4.79 Å². The number of aromatic amines is 1. The Balaban J connectivity index is 1.98. The van der Waals surface area contributed by atoms with Gasteiger partial charge in [-0.1, -0.05) is 29.8 Å². The molecule has 25 heavy (non-hydrogen) atoms. The molecule has 0 saturated heterocycles. The molecule has 0 atom stereocenters. The average Bonchev–Trinajstić information content (AvgIpc) is 3.02. The Kier molecular flexibility index (Phi) is 4.38. The molecule has 0 bridgehead atoms. The zero-order valence-electron chi connectivity index (χ0n) is 12.8. The number of fused-ring (bicyclic) bond motifs is 1. The van der Waals surface area contributed by atoms with Crippen LogP contribution in [0.1, 0.15) is 26.3 Å². The number of carbonyl (C=O) groups is 2. The normalized spacial score (nSPS) is 11.3. The second kappa shape index (κ2) is 6.63. The van der Waals surface area contributed by atoms with E-state index in [0.29, 0.717) is 27.1 Å². The standard InChI is InChI=1S/C19H11ClN2O3/c20-14-5-6-15-16(10-22-17(15)8-14)18(23)13(9-21)7-11-1-3-12(4-2-11)19(24)25/h1-8,10,22H,(H,24,25). The monoisotopic (exact) mass is 350 g/mol. The van der Waals surface area contributed by atoms with Gasteiger partial charge in [-0.25, -0.2) is 4.79 Å². The van der Waals surface area contributed by atoms with Crippen molar-refractivity contribution in [3.63, 3.8) is 0 Å². The van der Waals surface area contributed by atoms with E-state index in [4.69, 9.17) is 16.7 Å². The van der Waals surface area contributed by atoms with Crippen molar-refractivity contribution in [1.29, 1.82) is 5.26 Å². The molecule has 122 valence electrons. The van der Waals surface area contributed by atoms with Crippen LogP contribution in [-0.4, -0.2) is 21.8 Å². The topological polar surface area (TPSA) is 93.9 Å². The largest absolute Gasteiger partial charge is 0.478 e. The van der Waals surface area contributed by atoms with Gasteiger partial charge in [0.2, 0.25) is 5.78 Å². The van der Waals surface area contributed by atoms with E-state index in [0.717, 1.165) is 0 Å². The molecule has 3 aromatic rings. The van der Waals surface area contributed by atoms with Crippen LogP contribution in [0, 0.1) is 11.3 Å². The van der Waals surface area contributed by atoms with Crippen LogP contribution in [0.2, 0.25) is 5.02 Å². The molecular formula is C19H11ClN2O3. The van der Waals surface area contributed by atoms with E-state index in [1.807, 2.05) is 6.07 Å². The van der Waals surface area contributed by atoms with E-state index in [-0.39, 0.29) is 11.1 Å². The lowest BCUT2D eigenvalue weighted by Crippen LogP contribution is -2.01. The van der Waals surface area contributed by atoms with Crippen LogP contribution < -0.4 is 0 Å².